The van der Waals surface area contributed by atoms with Crippen LogP contribution in [0.2, 0.25) is 0 Å². The average molecular weight is 351 g/mol. The maximum Gasteiger partial charge on any atom is 0.199 e. The summed E-state index contributed by atoms with van der Waals surface area (Å²) in [7, 11) is 0. The van der Waals surface area contributed by atoms with Gasteiger partial charge in [0.2, 0.25) is 0 Å². The van der Waals surface area contributed by atoms with Crippen LogP contribution in [0.15, 0.2) is 41.1 Å². The Morgan fingerprint density at radius 3 is 2.73 bits per heavy atom. The summed E-state index contributed by atoms with van der Waals surface area (Å²) in [6, 6.07) is 7.95. The van der Waals surface area contributed by atoms with Crippen LogP contribution in [0.5, 0.6) is 0 Å². The van der Waals surface area contributed by atoms with E-state index in [1.165, 1.54) is 12.8 Å². The lowest BCUT2D eigenvalue weighted by Crippen LogP contribution is -2.17. The number of hydrogen-bond acceptors (Lipinski definition) is 5. The molecule has 0 saturated carbocycles. The fraction of sp³-hybridized carbons (Fsp3) is 0.450. The first-order valence-corrected chi connectivity index (χ1v) is 9.37. The summed E-state index contributed by atoms with van der Waals surface area (Å²) in [5, 5.41) is 4.70. The molecule has 1 fully saturated rings. The Kier molecular flexibility index (Phi) is 4.84. The summed E-state index contributed by atoms with van der Waals surface area (Å²) in [5.41, 5.74) is 0.891. The van der Waals surface area contributed by atoms with Crippen LogP contribution in [0, 0.1) is 5.92 Å². The summed E-state index contributed by atoms with van der Waals surface area (Å²) < 4.78 is 7.96. The number of pyridine rings is 1. The van der Waals surface area contributed by atoms with Gasteiger partial charge in [-0.3, -0.25) is 9.88 Å². The Labute approximate surface area is 153 Å². The highest BCUT2D eigenvalue weighted by atomic mass is 16.3. The molecule has 4 heterocycles. The lowest BCUT2D eigenvalue weighted by Gasteiger charge is -2.11. The van der Waals surface area contributed by atoms with Gasteiger partial charge in [-0.25, -0.2) is 9.67 Å². The second-order valence-electron chi connectivity index (χ2n) is 7.32. The third-order valence-corrected chi connectivity index (χ3v) is 4.59. The third-order valence-electron chi connectivity index (χ3n) is 4.59. The molecular formula is C20H25N5O. The van der Waals surface area contributed by atoms with Crippen LogP contribution in [0.25, 0.3) is 17.3 Å². The summed E-state index contributed by atoms with van der Waals surface area (Å²) in [5.74, 6) is 3.80. The van der Waals surface area contributed by atoms with Crippen LogP contribution in [0.3, 0.4) is 0 Å². The van der Waals surface area contributed by atoms with E-state index in [1.807, 2.05) is 22.9 Å². The zero-order valence-electron chi connectivity index (χ0n) is 15.4. The van der Waals surface area contributed by atoms with Crippen molar-refractivity contribution in [3.8, 4) is 17.3 Å². The number of furan rings is 1. The Bertz CT molecular complexity index is 846. The van der Waals surface area contributed by atoms with E-state index in [0.29, 0.717) is 5.92 Å². The molecule has 0 aliphatic carbocycles. The minimum atomic E-state index is 0.495. The summed E-state index contributed by atoms with van der Waals surface area (Å²) >= 11 is 0. The normalized spacial score (nSPS) is 15.2. The highest BCUT2D eigenvalue weighted by Crippen LogP contribution is 2.25. The standard InChI is InChI=1S/C20H25N5O/c1-15(2)12-19-22-20(25(23-19)16-6-5-9-21-13-16)18-8-7-17(26-18)14-24-10-3-4-11-24/h5-9,13,15H,3-4,10-12,14H2,1-2H3. The zero-order valence-corrected chi connectivity index (χ0v) is 15.4. The topological polar surface area (TPSA) is 60.0 Å². The molecule has 0 aromatic carbocycles. The van der Waals surface area contributed by atoms with Crippen molar-refractivity contribution >= 4 is 0 Å². The van der Waals surface area contributed by atoms with E-state index in [0.717, 1.165) is 54.9 Å². The Morgan fingerprint density at radius 1 is 1.15 bits per heavy atom. The molecule has 26 heavy (non-hydrogen) atoms. The molecule has 0 bridgehead atoms. The van der Waals surface area contributed by atoms with E-state index >= 15 is 0 Å². The van der Waals surface area contributed by atoms with Crippen LogP contribution < -0.4 is 0 Å². The molecule has 0 radical (unpaired) electrons. The van der Waals surface area contributed by atoms with Gasteiger partial charge in [-0.1, -0.05) is 13.8 Å². The van der Waals surface area contributed by atoms with Gasteiger partial charge in [0.1, 0.15) is 5.76 Å². The van der Waals surface area contributed by atoms with Gasteiger partial charge in [0.05, 0.1) is 18.4 Å². The van der Waals surface area contributed by atoms with Crippen LogP contribution in [-0.4, -0.2) is 37.7 Å². The van der Waals surface area contributed by atoms with E-state index in [4.69, 9.17) is 14.5 Å². The molecule has 1 aliphatic rings. The first-order chi connectivity index (χ1) is 12.7. The van der Waals surface area contributed by atoms with Crippen molar-refractivity contribution < 1.29 is 4.42 Å². The number of likely N-dealkylation sites (tertiary alicyclic amines) is 1. The molecule has 136 valence electrons. The molecule has 3 aromatic heterocycles. The Morgan fingerprint density at radius 2 is 2.00 bits per heavy atom. The second kappa shape index (κ2) is 7.41. The van der Waals surface area contributed by atoms with Crippen molar-refractivity contribution in [2.45, 2.75) is 39.7 Å². The van der Waals surface area contributed by atoms with E-state index in [9.17, 15) is 0 Å². The van der Waals surface area contributed by atoms with E-state index < -0.39 is 0 Å². The number of nitrogens with zero attached hydrogens (tertiary/aromatic N) is 5. The van der Waals surface area contributed by atoms with Gasteiger partial charge in [0.25, 0.3) is 0 Å². The van der Waals surface area contributed by atoms with Crippen molar-refractivity contribution in [2.75, 3.05) is 13.1 Å². The van der Waals surface area contributed by atoms with Gasteiger partial charge in [-0.2, -0.15) is 5.10 Å². The van der Waals surface area contributed by atoms with E-state index in [-0.39, 0.29) is 0 Å². The Balaban J connectivity index is 1.66. The van der Waals surface area contributed by atoms with Gasteiger partial charge >= 0.3 is 0 Å². The summed E-state index contributed by atoms with van der Waals surface area (Å²) in [4.78, 5) is 11.4. The van der Waals surface area contributed by atoms with E-state index in [2.05, 4.69) is 29.8 Å². The fourth-order valence-electron chi connectivity index (χ4n) is 3.37. The smallest absolute Gasteiger partial charge is 0.199 e. The molecule has 3 aromatic rings. The molecule has 0 unspecified atom stereocenters. The molecule has 0 N–H and O–H groups in total. The lowest BCUT2D eigenvalue weighted by atomic mass is 10.1. The largest absolute Gasteiger partial charge is 0.456 e. The minimum absolute atomic E-state index is 0.495. The first-order valence-electron chi connectivity index (χ1n) is 9.37. The van der Waals surface area contributed by atoms with Gasteiger partial charge in [0.15, 0.2) is 17.4 Å². The van der Waals surface area contributed by atoms with Crippen molar-refractivity contribution in [1.29, 1.82) is 0 Å². The predicted octanol–water partition coefficient (Wildman–Crippen LogP) is 3.72. The number of hydrogen-bond donors (Lipinski definition) is 0. The molecule has 0 amide bonds. The molecule has 0 spiro atoms. The molecular weight excluding hydrogens is 326 g/mol. The minimum Gasteiger partial charge on any atom is -0.456 e. The monoisotopic (exact) mass is 351 g/mol. The number of aromatic nitrogens is 4. The van der Waals surface area contributed by atoms with Crippen LogP contribution in [-0.2, 0) is 13.0 Å². The predicted molar refractivity (Wildman–Crippen MR) is 99.9 cm³/mol. The van der Waals surface area contributed by atoms with Crippen LogP contribution in [0.1, 0.15) is 38.3 Å². The van der Waals surface area contributed by atoms with Gasteiger partial charge in [-0.15, -0.1) is 0 Å². The molecule has 4 rings (SSSR count). The molecule has 1 aliphatic heterocycles. The average Bonchev–Trinajstić information content (AvgIpc) is 3.36. The third kappa shape index (κ3) is 3.70. The first kappa shape index (κ1) is 17.0. The Hall–Kier alpha value is -2.47. The summed E-state index contributed by atoms with van der Waals surface area (Å²) in [6.07, 6.45) is 6.95. The number of rotatable bonds is 6. The second-order valence-corrected chi connectivity index (χ2v) is 7.32. The summed E-state index contributed by atoms with van der Waals surface area (Å²) in [6.45, 7) is 7.51. The van der Waals surface area contributed by atoms with Gasteiger partial charge < -0.3 is 4.42 Å². The maximum atomic E-state index is 6.13. The molecule has 0 atom stereocenters. The van der Waals surface area contributed by atoms with Crippen molar-refractivity contribution in [1.82, 2.24) is 24.6 Å². The highest BCUT2D eigenvalue weighted by Gasteiger charge is 2.19. The maximum absolute atomic E-state index is 6.13. The van der Waals surface area contributed by atoms with Crippen molar-refractivity contribution in [3.63, 3.8) is 0 Å². The van der Waals surface area contributed by atoms with Crippen molar-refractivity contribution in [2.24, 2.45) is 5.92 Å². The van der Waals surface area contributed by atoms with Crippen molar-refractivity contribution in [3.05, 3.63) is 48.2 Å². The van der Waals surface area contributed by atoms with Crippen LogP contribution in [0.4, 0.5) is 0 Å². The SMILES string of the molecule is CC(C)Cc1nc(-c2ccc(CN3CCCC3)o2)n(-c2cccnc2)n1. The highest BCUT2D eigenvalue weighted by molar-refractivity contribution is 5.51. The molecule has 6 nitrogen and oxygen atoms in total. The fourth-order valence-corrected chi connectivity index (χ4v) is 3.37. The van der Waals surface area contributed by atoms with Crippen LogP contribution >= 0.6 is 0 Å². The lowest BCUT2D eigenvalue weighted by molar-refractivity contribution is 0.299. The van der Waals surface area contributed by atoms with Gasteiger partial charge in [0, 0.05) is 12.6 Å². The van der Waals surface area contributed by atoms with Gasteiger partial charge in [-0.05, 0) is 56.1 Å². The molecule has 1 saturated heterocycles. The molecule has 6 heteroatoms. The van der Waals surface area contributed by atoms with E-state index in [1.54, 1.807) is 12.4 Å². The quantitative estimate of drug-likeness (QED) is 0.677. The zero-order chi connectivity index (χ0) is 17.9.